The van der Waals surface area contributed by atoms with Gasteiger partial charge in [-0.3, -0.25) is 9.48 Å². The lowest BCUT2D eigenvalue weighted by Gasteiger charge is -2.37. The van der Waals surface area contributed by atoms with E-state index in [0.29, 0.717) is 55.1 Å². The predicted molar refractivity (Wildman–Crippen MR) is 174 cm³/mol. The van der Waals surface area contributed by atoms with Crippen LogP contribution in [0.5, 0.6) is 0 Å². The number of nitrogens with zero attached hydrogens (tertiary/aromatic N) is 7. The van der Waals surface area contributed by atoms with E-state index in [9.17, 15) is 22.0 Å². The first-order valence-corrected chi connectivity index (χ1v) is 21.3. The summed E-state index contributed by atoms with van der Waals surface area (Å²) in [6, 6.07) is 4.16. The van der Waals surface area contributed by atoms with E-state index in [-0.39, 0.29) is 28.5 Å². The van der Waals surface area contributed by atoms with Gasteiger partial charge in [-0.05, 0) is 37.9 Å². The fourth-order valence-corrected chi connectivity index (χ4v) is 8.68. The van der Waals surface area contributed by atoms with E-state index in [1.165, 1.54) is 4.31 Å². The number of piperazine rings is 1. The second-order valence-electron chi connectivity index (χ2n) is 13.7. The number of amides is 1. The van der Waals surface area contributed by atoms with Crippen molar-refractivity contribution >= 4 is 51.9 Å². The molecular formula is C29H43F2N7O4S2Si. The molecule has 2 aromatic heterocycles. The second kappa shape index (κ2) is 12.6. The van der Waals surface area contributed by atoms with Crippen molar-refractivity contribution in [2.75, 3.05) is 44.4 Å². The summed E-state index contributed by atoms with van der Waals surface area (Å²) in [6.07, 6.45) is -1.33. The van der Waals surface area contributed by atoms with E-state index in [0.717, 1.165) is 30.2 Å². The Balaban J connectivity index is 1.58. The van der Waals surface area contributed by atoms with Gasteiger partial charge in [0.2, 0.25) is 15.9 Å². The lowest BCUT2D eigenvalue weighted by Crippen LogP contribution is -2.50. The Morgan fingerprint density at radius 1 is 1.13 bits per heavy atom. The second-order valence-corrected chi connectivity index (χ2v) is 22.2. The molecule has 1 saturated carbocycles. The van der Waals surface area contributed by atoms with E-state index in [1.807, 2.05) is 25.7 Å². The van der Waals surface area contributed by atoms with Crippen LogP contribution in [0.4, 0.5) is 14.5 Å². The number of hydrogen-bond acceptors (Lipinski definition) is 9. The number of sulfonamides is 1. The zero-order valence-electron chi connectivity index (χ0n) is 27.0. The highest BCUT2D eigenvalue weighted by Crippen LogP contribution is 2.45. The monoisotopic (exact) mass is 683 g/mol. The minimum atomic E-state index is -4.06. The average molecular weight is 684 g/mol. The van der Waals surface area contributed by atoms with Gasteiger partial charge in [-0.25, -0.2) is 17.2 Å². The quantitative estimate of drug-likeness (QED) is 0.146. The maximum Gasteiger partial charge on any atom is 0.291 e. The van der Waals surface area contributed by atoms with E-state index in [1.54, 1.807) is 23.9 Å². The summed E-state index contributed by atoms with van der Waals surface area (Å²) in [7, 11) is -3.70. The van der Waals surface area contributed by atoms with Crippen molar-refractivity contribution in [2.24, 2.45) is 13.0 Å². The molecular weight excluding hydrogens is 641 g/mol. The number of anilines is 1. The molecule has 45 heavy (non-hydrogen) atoms. The molecule has 16 heteroatoms. The first kappa shape index (κ1) is 33.8. The van der Waals surface area contributed by atoms with Gasteiger partial charge in [0.1, 0.15) is 12.4 Å². The normalized spacial score (nSPS) is 17.3. The number of aromatic nitrogens is 4. The summed E-state index contributed by atoms with van der Waals surface area (Å²) >= 11 is 0.737. The number of carbonyl (C=O) groups is 1. The van der Waals surface area contributed by atoms with Crippen molar-refractivity contribution in [1.29, 1.82) is 0 Å². The van der Waals surface area contributed by atoms with Gasteiger partial charge < -0.3 is 14.5 Å². The number of carbonyl (C=O) groups excluding carboxylic acids is 1. The van der Waals surface area contributed by atoms with E-state index < -0.39 is 35.1 Å². The first-order chi connectivity index (χ1) is 21.0. The van der Waals surface area contributed by atoms with Crippen LogP contribution in [0.25, 0.3) is 21.6 Å². The number of aryl methyl sites for hydroxylation is 1. The molecule has 1 amide bonds. The van der Waals surface area contributed by atoms with Crippen molar-refractivity contribution in [3.8, 4) is 10.7 Å². The zero-order chi connectivity index (χ0) is 32.9. The summed E-state index contributed by atoms with van der Waals surface area (Å²) < 4.78 is 64.9. The minimum Gasteiger partial charge on any atom is -0.366 e. The van der Waals surface area contributed by atoms with Crippen molar-refractivity contribution in [3.05, 3.63) is 17.1 Å². The highest BCUT2D eigenvalue weighted by atomic mass is 32.2. The van der Waals surface area contributed by atoms with Crippen LogP contribution in [0.15, 0.2) is 17.0 Å². The Morgan fingerprint density at radius 2 is 1.80 bits per heavy atom. The molecule has 1 saturated heterocycles. The molecule has 1 aliphatic heterocycles. The maximum atomic E-state index is 14.5. The van der Waals surface area contributed by atoms with Gasteiger partial charge in [-0.2, -0.15) is 9.40 Å². The Hall–Kier alpha value is -2.53. The molecule has 0 N–H and O–H groups in total. The summed E-state index contributed by atoms with van der Waals surface area (Å²) in [4.78, 5) is 16.6. The van der Waals surface area contributed by atoms with Gasteiger partial charge in [0, 0.05) is 64.8 Å². The largest absolute Gasteiger partial charge is 0.366 e. The Bertz CT molecular complexity index is 1660. The molecule has 0 bridgehead atoms. The Kier molecular flexibility index (Phi) is 9.46. The average Bonchev–Trinajstić information content (AvgIpc) is 3.36. The van der Waals surface area contributed by atoms with E-state index in [2.05, 4.69) is 39.8 Å². The van der Waals surface area contributed by atoms with Crippen LogP contribution in [0.3, 0.4) is 0 Å². The van der Waals surface area contributed by atoms with Gasteiger partial charge in [-0.15, -0.1) is 10.2 Å². The van der Waals surface area contributed by atoms with Gasteiger partial charge >= 0.3 is 0 Å². The lowest BCUT2D eigenvalue weighted by atomic mass is 10.1. The number of halogens is 2. The highest BCUT2D eigenvalue weighted by molar-refractivity contribution is 7.89. The summed E-state index contributed by atoms with van der Waals surface area (Å²) in [5.74, 6) is -0.0448. The molecule has 5 rings (SSSR count). The molecule has 2 aliphatic rings. The highest BCUT2D eigenvalue weighted by Gasteiger charge is 2.50. The Labute approximate surface area is 268 Å². The molecule has 11 nitrogen and oxygen atoms in total. The van der Waals surface area contributed by atoms with Gasteiger partial charge in [-0.1, -0.05) is 44.8 Å². The fourth-order valence-electron chi connectivity index (χ4n) is 5.47. The van der Waals surface area contributed by atoms with Crippen LogP contribution in [0, 0.1) is 5.92 Å². The summed E-state index contributed by atoms with van der Waals surface area (Å²) in [6.45, 7) is 14.8. The number of rotatable bonds is 12. The number of hydrogen-bond donors (Lipinski definition) is 0. The van der Waals surface area contributed by atoms with Gasteiger partial charge in [0.15, 0.2) is 10.0 Å². The number of ether oxygens (including phenoxy) is 1. The van der Waals surface area contributed by atoms with Crippen molar-refractivity contribution in [2.45, 2.75) is 76.2 Å². The molecule has 1 aliphatic carbocycles. The van der Waals surface area contributed by atoms with E-state index in [4.69, 9.17) is 4.74 Å². The van der Waals surface area contributed by atoms with Crippen molar-refractivity contribution in [1.82, 2.24) is 29.2 Å². The minimum absolute atomic E-state index is 0.0548. The molecule has 1 aromatic carbocycles. The molecule has 0 unspecified atom stereocenters. The first-order valence-electron chi connectivity index (χ1n) is 15.3. The SMILES string of the molecule is CC(C)C(=O)N1CCN(c2cc(S(=O)(=O)N(COCC[Si](C)(C)C)C3(C)CC3)cc3c(-c4nnc(C(F)F)s4)nn(C)c23)CC1. The van der Waals surface area contributed by atoms with E-state index >= 15 is 0 Å². The van der Waals surface area contributed by atoms with Crippen molar-refractivity contribution in [3.63, 3.8) is 0 Å². The zero-order valence-corrected chi connectivity index (χ0v) is 29.6. The standard InChI is InChI=1S/C29H43F2N7O4S2Si/c1-19(2)28(39)37-12-10-36(11-13-37)22-17-20(44(40,41)38(29(3)8-9-29)18-42-14-15-45(5,6)7)16-21-23(34-35(4)24(21)22)26-32-33-27(43-26)25(30)31/h16-17,19,25H,8-15,18H2,1-7H3. The molecule has 0 atom stereocenters. The van der Waals surface area contributed by atoms with Gasteiger partial charge in [0.05, 0.1) is 16.1 Å². The third kappa shape index (κ3) is 7.09. The van der Waals surface area contributed by atoms with Crippen LogP contribution in [-0.4, -0.2) is 96.6 Å². The van der Waals surface area contributed by atoms with Crippen LogP contribution in [0.1, 0.15) is 45.0 Å². The molecule has 3 aromatic rings. The molecule has 248 valence electrons. The fraction of sp³-hybridized carbons (Fsp3) is 0.655. The molecule has 3 heterocycles. The third-order valence-corrected chi connectivity index (χ3v) is 13.1. The smallest absolute Gasteiger partial charge is 0.291 e. The van der Waals surface area contributed by atoms with Crippen LogP contribution < -0.4 is 4.90 Å². The summed E-state index contributed by atoms with van der Waals surface area (Å²) in [5, 5.41) is 12.5. The number of fused-ring (bicyclic) bond motifs is 1. The molecule has 2 fully saturated rings. The lowest BCUT2D eigenvalue weighted by molar-refractivity contribution is -0.134. The van der Waals surface area contributed by atoms with Crippen molar-refractivity contribution < 1.29 is 26.7 Å². The number of benzene rings is 1. The molecule has 0 radical (unpaired) electrons. The van der Waals surface area contributed by atoms with Crippen LogP contribution in [-0.2, 0) is 26.6 Å². The van der Waals surface area contributed by atoms with Crippen LogP contribution >= 0.6 is 11.3 Å². The Morgan fingerprint density at radius 3 is 2.36 bits per heavy atom. The predicted octanol–water partition coefficient (Wildman–Crippen LogP) is 5.19. The number of alkyl halides is 2. The topological polar surface area (TPSA) is 114 Å². The van der Waals surface area contributed by atoms with Crippen LogP contribution in [0.2, 0.25) is 25.7 Å². The third-order valence-electron chi connectivity index (χ3n) is 8.52. The van der Waals surface area contributed by atoms with Gasteiger partial charge in [0.25, 0.3) is 6.43 Å². The maximum absolute atomic E-state index is 14.5. The summed E-state index contributed by atoms with van der Waals surface area (Å²) in [5.41, 5.74) is 1.03. The molecule has 0 spiro atoms.